The second-order valence-electron chi connectivity index (χ2n) is 6.04. The lowest BCUT2D eigenvalue weighted by Gasteiger charge is -2.35. The predicted molar refractivity (Wildman–Crippen MR) is 98.4 cm³/mol. The predicted octanol–water partition coefficient (Wildman–Crippen LogP) is 2.27. The summed E-state index contributed by atoms with van der Waals surface area (Å²) in [4.78, 5) is 32.4. The summed E-state index contributed by atoms with van der Waals surface area (Å²) >= 11 is 6.21. The van der Waals surface area contributed by atoms with Gasteiger partial charge in [-0.25, -0.2) is 0 Å². The number of hydrogen-bond acceptors (Lipinski definition) is 4. The number of amides is 2. The summed E-state index contributed by atoms with van der Waals surface area (Å²) in [6.45, 7) is 2.07. The number of piperazine rings is 1. The normalized spacial score (nSPS) is 14.2. The molecule has 1 aromatic carbocycles. The number of rotatable bonds is 4. The summed E-state index contributed by atoms with van der Waals surface area (Å²) in [6, 6.07) is 8.70. The second kappa shape index (κ2) is 8.19. The Hall–Kier alpha value is -2.60. The van der Waals surface area contributed by atoms with Gasteiger partial charge in [-0.1, -0.05) is 17.7 Å². The summed E-state index contributed by atoms with van der Waals surface area (Å²) in [5, 5.41) is 0.518. The molecular weight excluding hydrogens is 354 g/mol. The first-order valence-corrected chi connectivity index (χ1v) is 8.76. The van der Waals surface area contributed by atoms with E-state index in [0.29, 0.717) is 42.5 Å². The van der Waals surface area contributed by atoms with Crippen LogP contribution in [0, 0.1) is 0 Å². The Balaban J connectivity index is 1.56. The minimum Gasteiger partial charge on any atom is -0.497 e. The number of methoxy groups -OCH3 is 1. The summed E-state index contributed by atoms with van der Waals surface area (Å²) < 4.78 is 5.12. The van der Waals surface area contributed by atoms with Crippen molar-refractivity contribution in [2.75, 3.05) is 33.3 Å². The molecular formula is C19H20ClN3O3. The van der Waals surface area contributed by atoms with E-state index in [-0.39, 0.29) is 18.2 Å². The Morgan fingerprint density at radius 2 is 1.73 bits per heavy atom. The third kappa shape index (κ3) is 4.14. The van der Waals surface area contributed by atoms with E-state index in [2.05, 4.69) is 4.98 Å². The van der Waals surface area contributed by atoms with Crippen LogP contribution in [0.15, 0.2) is 42.7 Å². The van der Waals surface area contributed by atoms with Gasteiger partial charge in [-0.15, -0.1) is 0 Å². The molecule has 26 heavy (non-hydrogen) atoms. The average molecular weight is 374 g/mol. The number of nitrogens with zero attached hydrogens (tertiary/aromatic N) is 3. The van der Waals surface area contributed by atoms with Gasteiger partial charge in [0.25, 0.3) is 5.91 Å². The van der Waals surface area contributed by atoms with E-state index in [9.17, 15) is 9.59 Å². The first-order chi connectivity index (χ1) is 12.6. The van der Waals surface area contributed by atoms with Gasteiger partial charge in [-0.2, -0.15) is 0 Å². The zero-order valence-corrected chi connectivity index (χ0v) is 15.3. The number of benzene rings is 1. The van der Waals surface area contributed by atoms with E-state index in [1.54, 1.807) is 53.6 Å². The molecule has 6 nitrogen and oxygen atoms in total. The number of aromatic nitrogens is 1. The van der Waals surface area contributed by atoms with Gasteiger partial charge in [0.1, 0.15) is 5.75 Å². The lowest BCUT2D eigenvalue weighted by Crippen LogP contribution is -2.51. The molecule has 7 heteroatoms. The van der Waals surface area contributed by atoms with E-state index in [1.165, 1.54) is 0 Å². The van der Waals surface area contributed by atoms with Crippen LogP contribution in [-0.2, 0) is 11.2 Å². The maximum absolute atomic E-state index is 12.5. The summed E-state index contributed by atoms with van der Waals surface area (Å²) in [5.41, 5.74) is 1.39. The van der Waals surface area contributed by atoms with Gasteiger partial charge in [0, 0.05) is 49.2 Å². The number of carbonyl (C=O) groups excluding carboxylic acids is 2. The Labute approximate surface area is 157 Å². The average Bonchev–Trinajstić information content (AvgIpc) is 2.69. The smallest absolute Gasteiger partial charge is 0.254 e. The van der Waals surface area contributed by atoms with Crippen LogP contribution in [0.3, 0.4) is 0 Å². The highest BCUT2D eigenvalue weighted by molar-refractivity contribution is 6.31. The summed E-state index contributed by atoms with van der Waals surface area (Å²) in [5.74, 6) is 0.639. The molecule has 0 spiro atoms. The van der Waals surface area contributed by atoms with Crippen molar-refractivity contribution in [1.82, 2.24) is 14.8 Å². The molecule has 1 aromatic heterocycles. The van der Waals surface area contributed by atoms with Crippen LogP contribution in [0.1, 0.15) is 15.9 Å². The Kier molecular flexibility index (Phi) is 5.73. The minimum absolute atomic E-state index is 0.00748. The standard InChI is InChI=1S/C19H20ClN3O3/c1-26-16-3-2-15(17(20)13-16)12-18(24)22-8-10-23(11-9-22)19(25)14-4-6-21-7-5-14/h2-7,13H,8-12H2,1H3. The highest BCUT2D eigenvalue weighted by Gasteiger charge is 2.25. The highest BCUT2D eigenvalue weighted by Crippen LogP contribution is 2.23. The number of ether oxygens (including phenoxy) is 1. The Morgan fingerprint density at radius 1 is 1.08 bits per heavy atom. The number of pyridine rings is 1. The van der Waals surface area contributed by atoms with Crippen LogP contribution in [0.2, 0.25) is 5.02 Å². The van der Waals surface area contributed by atoms with E-state index >= 15 is 0 Å². The number of hydrogen-bond donors (Lipinski definition) is 0. The molecule has 0 unspecified atom stereocenters. The molecule has 2 aromatic rings. The highest BCUT2D eigenvalue weighted by atomic mass is 35.5. The number of halogens is 1. The van der Waals surface area contributed by atoms with Crippen LogP contribution in [0.5, 0.6) is 5.75 Å². The third-order valence-corrected chi connectivity index (χ3v) is 4.80. The van der Waals surface area contributed by atoms with Crippen molar-refractivity contribution in [3.05, 3.63) is 58.9 Å². The molecule has 136 valence electrons. The lowest BCUT2D eigenvalue weighted by molar-refractivity contribution is -0.131. The van der Waals surface area contributed by atoms with Crippen LogP contribution >= 0.6 is 11.6 Å². The Morgan fingerprint density at radius 3 is 2.35 bits per heavy atom. The quantitative estimate of drug-likeness (QED) is 0.824. The fourth-order valence-electron chi connectivity index (χ4n) is 2.91. The molecule has 2 amide bonds. The molecule has 0 bridgehead atoms. The van der Waals surface area contributed by atoms with Crippen LogP contribution in [0.25, 0.3) is 0 Å². The zero-order valence-electron chi connectivity index (χ0n) is 14.5. The molecule has 0 saturated carbocycles. The van der Waals surface area contributed by atoms with Gasteiger partial charge in [-0.05, 0) is 29.8 Å². The van der Waals surface area contributed by atoms with Gasteiger partial charge < -0.3 is 14.5 Å². The van der Waals surface area contributed by atoms with Crippen molar-refractivity contribution in [1.29, 1.82) is 0 Å². The molecule has 0 aliphatic carbocycles. The van der Waals surface area contributed by atoms with Crippen LogP contribution in [-0.4, -0.2) is 59.9 Å². The topological polar surface area (TPSA) is 62.7 Å². The van der Waals surface area contributed by atoms with Crippen molar-refractivity contribution in [2.45, 2.75) is 6.42 Å². The van der Waals surface area contributed by atoms with Crippen molar-refractivity contribution in [2.24, 2.45) is 0 Å². The molecule has 1 saturated heterocycles. The monoisotopic (exact) mass is 373 g/mol. The first kappa shape index (κ1) is 18.2. The molecule has 0 radical (unpaired) electrons. The SMILES string of the molecule is COc1ccc(CC(=O)N2CCN(C(=O)c3ccncc3)CC2)c(Cl)c1. The Bertz CT molecular complexity index is 790. The molecule has 1 aliphatic heterocycles. The van der Waals surface area contributed by atoms with Gasteiger partial charge in [0.2, 0.25) is 5.91 Å². The van der Waals surface area contributed by atoms with Gasteiger partial charge in [-0.3, -0.25) is 14.6 Å². The second-order valence-corrected chi connectivity index (χ2v) is 6.45. The van der Waals surface area contributed by atoms with Crippen molar-refractivity contribution < 1.29 is 14.3 Å². The molecule has 0 N–H and O–H groups in total. The van der Waals surface area contributed by atoms with Gasteiger partial charge in [0.15, 0.2) is 0 Å². The van der Waals surface area contributed by atoms with E-state index in [4.69, 9.17) is 16.3 Å². The van der Waals surface area contributed by atoms with E-state index in [0.717, 1.165) is 5.56 Å². The lowest BCUT2D eigenvalue weighted by atomic mass is 10.1. The van der Waals surface area contributed by atoms with E-state index in [1.807, 2.05) is 6.07 Å². The molecule has 3 rings (SSSR count). The van der Waals surface area contributed by atoms with E-state index < -0.39 is 0 Å². The third-order valence-electron chi connectivity index (χ3n) is 4.45. The zero-order chi connectivity index (χ0) is 18.5. The minimum atomic E-state index is -0.0299. The first-order valence-electron chi connectivity index (χ1n) is 8.38. The maximum Gasteiger partial charge on any atom is 0.254 e. The van der Waals surface area contributed by atoms with Crippen LogP contribution in [0.4, 0.5) is 0 Å². The van der Waals surface area contributed by atoms with Crippen molar-refractivity contribution >= 4 is 23.4 Å². The van der Waals surface area contributed by atoms with Gasteiger partial charge in [0.05, 0.1) is 13.5 Å². The van der Waals surface area contributed by atoms with Gasteiger partial charge >= 0.3 is 0 Å². The molecule has 1 fully saturated rings. The summed E-state index contributed by atoms with van der Waals surface area (Å²) in [7, 11) is 1.57. The van der Waals surface area contributed by atoms with Crippen molar-refractivity contribution in [3.8, 4) is 5.75 Å². The molecule has 0 atom stereocenters. The fourth-order valence-corrected chi connectivity index (χ4v) is 3.15. The van der Waals surface area contributed by atoms with Crippen molar-refractivity contribution in [3.63, 3.8) is 0 Å². The number of carbonyl (C=O) groups is 2. The molecule has 1 aliphatic rings. The largest absolute Gasteiger partial charge is 0.497 e. The fraction of sp³-hybridized carbons (Fsp3) is 0.316. The summed E-state index contributed by atoms with van der Waals surface area (Å²) in [6.07, 6.45) is 3.44. The molecule has 2 heterocycles. The van der Waals surface area contributed by atoms with Crippen LogP contribution < -0.4 is 4.74 Å². The maximum atomic E-state index is 12.5.